The third-order valence-electron chi connectivity index (χ3n) is 5.63. The standard InChI is InChI=1S/C20H23N3O2/c24-19(25-13-15-5-2-1-3-6-15)23-14-20(16-7-4-9-21-11-16)17-8-10-22-12-18(17)20/h1-7,9,11,17-18,22H,8,10,12-14H2,(H,23,24). The normalized spacial score (nSPS) is 27.2. The Kier molecular flexibility index (Phi) is 4.40. The summed E-state index contributed by atoms with van der Waals surface area (Å²) in [7, 11) is 0. The summed E-state index contributed by atoms with van der Waals surface area (Å²) >= 11 is 0. The number of carbonyl (C=O) groups is 1. The largest absolute Gasteiger partial charge is 0.445 e. The van der Waals surface area contributed by atoms with Gasteiger partial charge in [0.05, 0.1) is 0 Å². The molecule has 2 fully saturated rings. The fourth-order valence-electron chi connectivity index (χ4n) is 4.33. The third-order valence-corrected chi connectivity index (χ3v) is 5.63. The van der Waals surface area contributed by atoms with Crippen LogP contribution in [0, 0.1) is 11.8 Å². The first-order valence-corrected chi connectivity index (χ1v) is 8.86. The van der Waals surface area contributed by atoms with Gasteiger partial charge in [-0.3, -0.25) is 4.98 Å². The van der Waals surface area contributed by atoms with E-state index in [2.05, 4.69) is 21.7 Å². The van der Waals surface area contributed by atoms with E-state index in [0.29, 0.717) is 25.0 Å². The molecule has 5 heteroatoms. The molecule has 130 valence electrons. The quantitative estimate of drug-likeness (QED) is 0.880. The van der Waals surface area contributed by atoms with Gasteiger partial charge in [-0.1, -0.05) is 36.4 Å². The van der Waals surface area contributed by atoms with Crippen LogP contribution < -0.4 is 10.6 Å². The van der Waals surface area contributed by atoms with Gasteiger partial charge in [0.25, 0.3) is 0 Å². The predicted molar refractivity (Wildman–Crippen MR) is 95.0 cm³/mol. The second-order valence-corrected chi connectivity index (χ2v) is 6.90. The van der Waals surface area contributed by atoms with Crippen LogP contribution in [0.4, 0.5) is 4.79 Å². The van der Waals surface area contributed by atoms with Crippen molar-refractivity contribution in [1.82, 2.24) is 15.6 Å². The molecular formula is C20H23N3O2. The summed E-state index contributed by atoms with van der Waals surface area (Å²) in [5.41, 5.74) is 2.20. The van der Waals surface area contributed by atoms with E-state index in [1.54, 1.807) is 6.20 Å². The first-order valence-electron chi connectivity index (χ1n) is 8.86. The summed E-state index contributed by atoms with van der Waals surface area (Å²) < 4.78 is 5.36. The highest BCUT2D eigenvalue weighted by Gasteiger charge is 2.65. The highest BCUT2D eigenvalue weighted by molar-refractivity contribution is 5.67. The third kappa shape index (κ3) is 3.12. The maximum atomic E-state index is 12.2. The van der Waals surface area contributed by atoms with Crippen molar-refractivity contribution in [3.8, 4) is 0 Å². The monoisotopic (exact) mass is 337 g/mol. The molecule has 2 N–H and O–H groups in total. The lowest BCUT2D eigenvalue weighted by atomic mass is 9.92. The molecule has 0 radical (unpaired) electrons. The van der Waals surface area contributed by atoms with Gasteiger partial charge in [-0.15, -0.1) is 0 Å². The fourth-order valence-corrected chi connectivity index (χ4v) is 4.33. The van der Waals surface area contributed by atoms with Crippen LogP contribution in [-0.4, -0.2) is 30.7 Å². The Labute approximate surface area is 147 Å². The van der Waals surface area contributed by atoms with Crippen molar-refractivity contribution in [2.24, 2.45) is 11.8 Å². The van der Waals surface area contributed by atoms with E-state index in [0.717, 1.165) is 25.1 Å². The van der Waals surface area contributed by atoms with E-state index in [-0.39, 0.29) is 11.5 Å². The number of aromatic nitrogens is 1. The van der Waals surface area contributed by atoms with Crippen LogP contribution in [0.5, 0.6) is 0 Å². The lowest BCUT2D eigenvalue weighted by Crippen LogP contribution is -2.35. The number of hydrogen-bond acceptors (Lipinski definition) is 4. The minimum Gasteiger partial charge on any atom is -0.445 e. The minimum absolute atomic E-state index is 0.0104. The lowest BCUT2D eigenvalue weighted by molar-refractivity contribution is 0.138. The van der Waals surface area contributed by atoms with E-state index in [9.17, 15) is 4.79 Å². The molecule has 1 aromatic carbocycles. The molecule has 25 heavy (non-hydrogen) atoms. The minimum atomic E-state index is -0.358. The maximum Gasteiger partial charge on any atom is 0.407 e. The second-order valence-electron chi connectivity index (χ2n) is 6.90. The number of alkyl carbamates (subject to hydrolysis) is 1. The van der Waals surface area contributed by atoms with Crippen LogP contribution in [-0.2, 0) is 16.8 Å². The SMILES string of the molecule is O=C(NCC1(c2cccnc2)C2CCNCC21)OCc1ccccc1. The number of pyridine rings is 1. The number of benzene rings is 1. The topological polar surface area (TPSA) is 63.2 Å². The number of amides is 1. The Balaban J connectivity index is 1.40. The van der Waals surface area contributed by atoms with Crippen molar-refractivity contribution in [2.75, 3.05) is 19.6 Å². The summed E-state index contributed by atoms with van der Waals surface area (Å²) in [4.78, 5) is 16.5. The van der Waals surface area contributed by atoms with Gasteiger partial charge in [0.1, 0.15) is 6.61 Å². The van der Waals surface area contributed by atoms with Crippen LogP contribution in [0.25, 0.3) is 0 Å². The second kappa shape index (κ2) is 6.84. The molecule has 1 saturated carbocycles. The Morgan fingerprint density at radius 3 is 2.84 bits per heavy atom. The summed E-state index contributed by atoms with van der Waals surface area (Å²) in [6.45, 7) is 2.94. The molecule has 1 amide bonds. The van der Waals surface area contributed by atoms with Crippen LogP contribution >= 0.6 is 0 Å². The number of rotatable bonds is 5. The van der Waals surface area contributed by atoms with Crippen molar-refractivity contribution < 1.29 is 9.53 Å². The number of nitrogens with one attached hydrogen (secondary N) is 2. The fraction of sp³-hybridized carbons (Fsp3) is 0.400. The van der Waals surface area contributed by atoms with Gasteiger partial charge in [-0.25, -0.2) is 4.79 Å². The summed E-state index contributed by atoms with van der Waals surface area (Å²) in [6.07, 6.45) is 4.52. The van der Waals surface area contributed by atoms with E-state index in [1.807, 2.05) is 42.6 Å². The molecule has 3 unspecified atom stereocenters. The molecule has 1 aliphatic heterocycles. The van der Waals surface area contributed by atoms with Gasteiger partial charge in [0.2, 0.25) is 0 Å². The van der Waals surface area contributed by atoms with Crippen LogP contribution in [0.3, 0.4) is 0 Å². The Morgan fingerprint density at radius 2 is 2.12 bits per heavy atom. The molecule has 1 saturated heterocycles. The molecule has 2 aliphatic rings. The number of piperidine rings is 1. The molecule has 1 aliphatic carbocycles. The van der Waals surface area contributed by atoms with E-state index in [4.69, 9.17) is 4.74 Å². The van der Waals surface area contributed by atoms with Gasteiger partial charge < -0.3 is 15.4 Å². The molecule has 5 nitrogen and oxygen atoms in total. The Morgan fingerprint density at radius 1 is 1.24 bits per heavy atom. The van der Waals surface area contributed by atoms with Crippen molar-refractivity contribution in [3.63, 3.8) is 0 Å². The smallest absolute Gasteiger partial charge is 0.407 e. The van der Waals surface area contributed by atoms with Crippen molar-refractivity contribution in [3.05, 3.63) is 66.0 Å². The van der Waals surface area contributed by atoms with Crippen molar-refractivity contribution in [1.29, 1.82) is 0 Å². The highest BCUT2D eigenvalue weighted by Crippen LogP contribution is 2.61. The zero-order valence-electron chi connectivity index (χ0n) is 14.2. The molecule has 1 aromatic heterocycles. The molecule has 0 bridgehead atoms. The van der Waals surface area contributed by atoms with Gasteiger partial charge in [0, 0.05) is 24.4 Å². The molecular weight excluding hydrogens is 314 g/mol. The summed E-state index contributed by atoms with van der Waals surface area (Å²) in [6, 6.07) is 13.8. The van der Waals surface area contributed by atoms with Crippen LogP contribution in [0.2, 0.25) is 0 Å². The number of carbonyl (C=O) groups excluding carboxylic acids is 1. The maximum absolute atomic E-state index is 12.2. The van der Waals surface area contributed by atoms with Gasteiger partial charge in [-0.2, -0.15) is 0 Å². The number of ether oxygens (including phenoxy) is 1. The Hall–Kier alpha value is -2.40. The summed E-state index contributed by atoms with van der Waals surface area (Å²) in [5.74, 6) is 1.16. The van der Waals surface area contributed by atoms with Crippen LogP contribution in [0.15, 0.2) is 54.9 Å². The first kappa shape index (κ1) is 16.1. The van der Waals surface area contributed by atoms with Gasteiger partial charge in [-0.05, 0) is 48.5 Å². The van der Waals surface area contributed by atoms with Gasteiger partial charge in [0.15, 0.2) is 0 Å². The Bertz CT molecular complexity index is 708. The molecule has 2 heterocycles. The molecule has 3 atom stereocenters. The number of nitrogens with zero attached hydrogens (tertiary/aromatic N) is 1. The van der Waals surface area contributed by atoms with Gasteiger partial charge >= 0.3 is 6.09 Å². The lowest BCUT2D eigenvalue weighted by Gasteiger charge is -2.19. The van der Waals surface area contributed by atoms with E-state index < -0.39 is 0 Å². The molecule has 4 rings (SSSR count). The van der Waals surface area contributed by atoms with Crippen molar-refractivity contribution in [2.45, 2.75) is 18.4 Å². The van der Waals surface area contributed by atoms with E-state index in [1.165, 1.54) is 5.56 Å². The first-order chi connectivity index (χ1) is 12.3. The highest BCUT2D eigenvalue weighted by atomic mass is 16.5. The average Bonchev–Trinajstić information content (AvgIpc) is 3.35. The average molecular weight is 337 g/mol. The zero-order chi connectivity index (χ0) is 17.1. The van der Waals surface area contributed by atoms with E-state index >= 15 is 0 Å². The number of hydrogen-bond donors (Lipinski definition) is 2. The van der Waals surface area contributed by atoms with Crippen LogP contribution in [0.1, 0.15) is 17.5 Å². The molecule has 0 spiro atoms. The number of fused-ring (bicyclic) bond motifs is 1. The predicted octanol–water partition coefficient (Wildman–Crippen LogP) is 2.49. The zero-order valence-corrected chi connectivity index (χ0v) is 14.2. The summed E-state index contributed by atoms with van der Waals surface area (Å²) in [5, 5.41) is 6.46. The van der Waals surface area contributed by atoms with Crippen molar-refractivity contribution >= 4 is 6.09 Å². The molecule has 2 aromatic rings.